The lowest BCUT2D eigenvalue weighted by atomic mass is 9.88. The second-order valence-corrected chi connectivity index (χ2v) is 6.88. The van der Waals surface area contributed by atoms with E-state index in [0.717, 1.165) is 11.1 Å². The van der Waals surface area contributed by atoms with Gasteiger partial charge in [0.2, 0.25) is 0 Å². The van der Waals surface area contributed by atoms with Crippen LogP contribution in [0.15, 0.2) is 18.2 Å². The third-order valence-electron chi connectivity index (χ3n) is 4.72. The summed E-state index contributed by atoms with van der Waals surface area (Å²) in [5, 5.41) is 0.982. The summed E-state index contributed by atoms with van der Waals surface area (Å²) < 4.78 is 0. The Morgan fingerprint density at radius 2 is 1.79 bits per heavy atom. The van der Waals surface area contributed by atoms with Gasteiger partial charge in [-0.1, -0.05) is 37.6 Å². The maximum absolute atomic E-state index is 6.50. The van der Waals surface area contributed by atoms with Gasteiger partial charge < -0.3 is 4.90 Å². The van der Waals surface area contributed by atoms with Gasteiger partial charge in [0, 0.05) is 11.1 Å². The monoisotopic (exact) mass is 277 g/mol. The smallest absolute Gasteiger partial charge is 0.0443 e. The van der Waals surface area contributed by atoms with Crippen molar-refractivity contribution in [1.29, 1.82) is 0 Å². The van der Waals surface area contributed by atoms with Gasteiger partial charge in [-0.3, -0.25) is 0 Å². The van der Waals surface area contributed by atoms with Crippen molar-refractivity contribution >= 4 is 11.6 Å². The lowest BCUT2D eigenvalue weighted by molar-refractivity contribution is 0.203. The molecule has 0 aromatic heterocycles. The number of hydrogen-bond acceptors (Lipinski definition) is 1. The molecule has 0 atom stereocenters. The van der Waals surface area contributed by atoms with Crippen molar-refractivity contribution in [3.05, 3.63) is 34.3 Å². The summed E-state index contributed by atoms with van der Waals surface area (Å²) in [6.45, 7) is 6.97. The van der Waals surface area contributed by atoms with Crippen LogP contribution in [0.2, 0.25) is 5.02 Å². The zero-order valence-corrected chi connectivity index (χ0v) is 12.8. The number of piperidine rings is 1. The van der Waals surface area contributed by atoms with E-state index in [0.29, 0.717) is 11.8 Å². The fraction of sp³-hybridized carbons (Fsp3) is 0.647. The van der Waals surface area contributed by atoms with Crippen molar-refractivity contribution in [2.24, 2.45) is 0 Å². The lowest BCUT2D eigenvalue weighted by Crippen LogP contribution is -2.34. The summed E-state index contributed by atoms with van der Waals surface area (Å²) in [7, 11) is 0. The lowest BCUT2D eigenvalue weighted by Gasteiger charge is -2.32. The van der Waals surface area contributed by atoms with Gasteiger partial charge in [-0.2, -0.15) is 0 Å². The van der Waals surface area contributed by atoms with Gasteiger partial charge in [0.05, 0.1) is 0 Å². The highest BCUT2D eigenvalue weighted by atomic mass is 35.5. The van der Waals surface area contributed by atoms with Crippen LogP contribution in [-0.4, -0.2) is 24.0 Å². The quantitative estimate of drug-likeness (QED) is 0.767. The average Bonchev–Trinajstić information content (AvgIpc) is 3.23. The first-order valence-corrected chi connectivity index (χ1v) is 8.06. The molecule has 2 aliphatic rings. The molecule has 1 aliphatic heterocycles. The van der Waals surface area contributed by atoms with Gasteiger partial charge in [-0.05, 0) is 67.8 Å². The Morgan fingerprint density at radius 3 is 2.32 bits per heavy atom. The molecule has 0 radical (unpaired) electrons. The van der Waals surface area contributed by atoms with E-state index in [1.807, 2.05) is 0 Å². The molecule has 0 N–H and O–H groups in total. The van der Waals surface area contributed by atoms with Crippen molar-refractivity contribution in [1.82, 2.24) is 4.90 Å². The minimum Gasteiger partial charge on any atom is -0.300 e. The average molecular weight is 278 g/mol. The van der Waals surface area contributed by atoms with Crippen LogP contribution in [0.3, 0.4) is 0 Å². The molecule has 0 spiro atoms. The normalized spacial score (nSPS) is 22.1. The largest absolute Gasteiger partial charge is 0.300 e. The molecule has 2 fully saturated rings. The third kappa shape index (κ3) is 2.98. The van der Waals surface area contributed by atoms with E-state index < -0.39 is 0 Å². The Morgan fingerprint density at radius 1 is 1.11 bits per heavy atom. The Labute approximate surface area is 121 Å². The summed E-state index contributed by atoms with van der Waals surface area (Å²) in [4.78, 5) is 2.67. The van der Waals surface area contributed by atoms with Gasteiger partial charge in [0.15, 0.2) is 0 Å². The summed E-state index contributed by atoms with van der Waals surface area (Å²) in [5.41, 5.74) is 2.73. The molecule has 0 amide bonds. The molecule has 2 heteroatoms. The molecule has 1 aromatic carbocycles. The summed E-state index contributed by atoms with van der Waals surface area (Å²) in [6.07, 6.45) is 5.40. The van der Waals surface area contributed by atoms with Crippen LogP contribution in [-0.2, 0) is 0 Å². The molecule has 1 saturated heterocycles. The Balaban J connectivity index is 1.69. The molecule has 1 aliphatic carbocycles. The van der Waals surface area contributed by atoms with Crippen LogP contribution < -0.4 is 0 Å². The van der Waals surface area contributed by atoms with Gasteiger partial charge in [-0.15, -0.1) is 0 Å². The predicted molar refractivity (Wildman–Crippen MR) is 82.1 cm³/mol. The van der Waals surface area contributed by atoms with Crippen molar-refractivity contribution < 1.29 is 0 Å². The van der Waals surface area contributed by atoms with E-state index in [9.17, 15) is 0 Å². The SMILES string of the molecule is CC(C)c1ccc(C2CCN(C3CC3)CC2)c(Cl)c1. The van der Waals surface area contributed by atoms with Gasteiger partial charge in [0.25, 0.3) is 0 Å². The summed E-state index contributed by atoms with van der Waals surface area (Å²) in [6, 6.07) is 7.63. The zero-order chi connectivity index (χ0) is 13.4. The number of likely N-dealkylation sites (tertiary alicyclic amines) is 1. The topological polar surface area (TPSA) is 3.24 Å². The fourth-order valence-corrected chi connectivity index (χ4v) is 3.59. The maximum Gasteiger partial charge on any atom is 0.0443 e. The van der Waals surface area contributed by atoms with Crippen molar-refractivity contribution in [3.63, 3.8) is 0 Å². The number of benzene rings is 1. The highest BCUT2D eigenvalue weighted by molar-refractivity contribution is 6.31. The van der Waals surface area contributed by atoms with E-state index in [4.69, 9.17) is 11.6 Å². The molecular weight excluding hydrogens is 254 g/mol. The summed E-state index contributed by atoms with van der Waals surface area (Å²) in [5.74, 6) is 1.23. The highest BCUT2D eigenvalue weighted by Gasteiger charge is 2.32. The van der Waals surface area contributed by atoms with E-state index in [1.54, 1.807) is 0 Å². The van der Waals surface area contributed by atoms with E-state index in [-0.39, 0.29) is 0 Å². The van der Waals surface area contributed by atoms with Gasteiger partial charge in [-0.25, -0.2) is 0 Å². The third-order valence-corrected chi connectivity index (χ3v) is 5.05. The first-order valence-electron chi connectivity index (χ1n) is 7.68. The minimum absolute atomic E-state index is 0.559. The molecule has 1 saturated carbocycles. The number of hydrogen-bond donors (Lipinski definition) is 0. The predicted octanol–water partition coefficient (Wildman–Crippen LogP) is 4.81. The second-order valence-electron chi connectivity index (χ2n) is 6.48. The van der Waals surface area contributed by atoms with E-state index >= 15 is 0 Å². The highest BCUT2D eigenvalue weighted by Crippen LogP contribution is 2.37. The van der Waals surface area contributed by atoms with Crippen LogP contribution in [0.5, 0.6) is 0 Å². The van der Waals surface area contributed by atoms with E-state index in [1.165, 1.54) is 49.9 Å². The molecule has 0 bridgehead atoms. The molecule has 1 aromatic rings. The Kier molecular flexibility index (Phi) is 3.86. The zero-order valence-electron chi connectivity index (χ0n) is 12.0. The number of rotatable bonds is 3. The van der Waals surface area contributed by atoms with Crippen molar-refractivity contribution in [2.45, 2.75) is 57.4 Å². The molecule has 1 nitrogen and oxygen atoms in total. The van der Waals surface area contributed by atoms with Crippen LogP contribution >= 0.6 is 11.6 Å². The number of halogens is 1. The van der Waals surface area contributed by atoms with Crippen LogP contribution in [0.4, 0.5) is 0 Å². The minimum atomic E-state index is 0.559. The molecule has 19 heavy (non-hydrogen) atoms. The van der Waals surface area contributed by atoms with Gasteiger partial charge >= 0.3 is 0 Å². The summed E-state index contributed by atoms with van der Waals surface area (Å²) >= 11 is 6.50. The molecule has 0 unspecified atom stereocenters. The Hall–Kier alpha value is -0.530. The number of nitrogens with zero attached hydrogens (tertiary/aromatic N) is 1. The first kappa shape index (κ1) is 13.5. The standard InChI is InChI=1S/C17H24ClN/c1-12(2)14-3-6-16(17(18)11-14)13-7-9-19(10-8-13)15-4-5-15/h3,6,11-13,15H,4-5,7-10H2,1-2H3. The molecule has 3 rings (SSSR count). The van der Waals surface area contributed by atoms with Gasteiger partial charge in [0.1, 0.15) is 0 Å². The van der Waals surface area contributed by atoms with Crippen molar-refractivity contribution in [3.8, 4) is 0 Å². The molecule has 1 heterocycles. The van der Waals surface area contributed by atoms with Crippen LogP contribution in [0, 0.1) is 0 Å². The first-order chi connectivity index (χ1) is 9.15. The molecular formula is C17H24ClN. The second kappa shape index (κ2) is 5.46. The van der Waals surface area contributed by atoms with Crippen LogP contribution in [0.1, 0.15) is 62.5 Å². The van der Waals surface area contributed by atoms with Crippen LogP contribution in [0.25, 0.3) is 0 Å². The van der Waals surface area contributed by atoms with Crippen molar-refractivity contribution in [2.75, 3.05) is 13.1 Å². The maximum atomic E-state index is 6.50. The molecule has 104 valence electrons. The van der Waals surface area contributed by atoms with E-state index in [2.05, 4.69) is 36.9 Å². The fourth-order valence-electron chi connectivity index (χ4n) is 3.25. The Bertz CT molecular complexity index is 443.